The van der Waals surface area contributed by atoms with E-state index in [0.29, 0.717) is 0 Å². The molecule has 0 saturated heterocycles. The fourth-order valence-corrected chi connectivity index (χ4v) is 1.22. The first kappa shape index (κ1) is 9.56. The third-order valence-electron chi connectivity index (χ3n) is 1.83. The number of aliphatic hydroxyl groups is 1. The zero-order valence-corrected chi connectivity index (χ0v) is 7.19. The number of carboxylic acids is 1. The maximum Gasteiger partial charge on any atom is 0.314 e. The molecule has 3 nitrogen and oxygen atoms in total. The highest BCUT2D eigenvalue weighted by molar-refractivity contribution is 5.76. The Morgan fingerprint density at radius 3 is 2.77 bits per heavy atom. The molecule has 0 amide bonds. The van der Waals surface area contributed by atoms with Crippen molar-refractivity contribution in [3.8, 4) is 11.8 Å². The van der Waals surface area contributed by atoms with Crippen LogP contribution in [0, 0.1) is 17.8 Å². The Labute approximate surface area is 76.4 Å². The molecule has 0 fully saturated rings. The third kappa shape index (κ3) is 1.79. The molecule has 1 aliphatic carbocycles. The van der Waals surface area contributed by atoms with E-state index >= 15 is 0 Å². The minimum absolute atomic E-state index is 0.982. The van der Waals surface area contributed by atoms with Crippen molar-refractivity contribution in [1.82, 2.24) is 0 Å². The number of carboxylic acid groups (broad SMARTS) is 1. The SMILES string of the molecule is CC#C[C@]1(O)C=CC=C[C@H]1C(=O)O. The Bertz CT molecular complexity index is 330. The monoisotopic (exact) mass is 178 g/mol. The maximum absolute atomic E-state index is 10.7. The van der Waals surface area contributed by atoms with Crippen LogP contribution in [0.4, 0.5) is 0 Å². The van der Waals surface area contributed by atoms with Gasteiger partial charge in [-0.05, 0) is 13.0 Å². The average molecular weight is 178 g/mol. The van der Waals surface area contributed by atoms with Gasteiger partial charge in [0.1, 0.15) is 5.92 Å². The summed E-state index contributed by atoms with van der Waals surface area (Å²) in [6, 6.07) is 0. The minimum atomic E-state index is -1.56. The Morgan fingerprint density at radius 2 is 2.23 bits per heavy atom. The lowest BCUT2D eigenvalue weighted by molar-refractivity contribution is -0.144. The van der Waals surface area contributed by atoms with Crippen molar-refractivity contribution < 1.29 is 15.0 Å². The molecule has 0 bridgehead atoms. The molecule has 0 aliphatic heterocycles. The van der Waals surface area contributed by atoms with Crippen LogP contribution in [0.5, 0.6) is 0 Å². The van der Waals surface area contributed by atoms with Gasteiger partial charge < -0.3 is 10.2 Å². The van der Waals surface area contributed by atoms with Crippen LogP contribution < -0.4 is 0 Å². The Balaban J connectivity index is 3.05. The van der Waals surface area contributed by atoms with Gasteiger partial charge in [-0.2, -0.15) is 0 Å². The van der Waals surface area contributed by atoms with Gasteiger partial charge in [0, 0.05) is 0 Å². The fraction of sp³-hybridized carbons (Fsp3) is 0.300. The molecule has 0 aromatic rings. The third-order valence-corrected chi connectivity index (χ3v) is 1.83. The van der Waals surface area contributed by atoms with Crippen LogP contribution >= 0.6 is 0 Å². The van der Waals surface area contributed by atoms with E-state index in [1.807, 2.05) is 0 Å². The van der Waals surface area contributed by atoms with E-state index in [4.69, 9.17) is 5.11 Å². The number of hydrogen-bond donors (Lipinski definition) is 2. The molecule has 1 aliphatic rings. The summed E-state index contributed by atoms with van der Waals surface area (Å²) in [5.74, 6) is 2.93. The molecule has 3 heteroatoms. The van der Waals surface area contributed by atoms with Gasteiger partial charge in [0.15, 0.2) is 5.60 Å². The molecule has 0 aromatic heterocycles. The van der Waals surface area contributed by atoms with Gasteiger partial charge >= 0.3 is 5.97 Å². The largest absolute Gasteiger partial charge is 0.481 e. The predicted octanol–water partition coefficient (Wildman–Crippen LogP) is 0.568. The van der Waals surface area contributed by atoms with Crippen LogP contribution in [0.3, 0.4) is 0 Å². The topological polar surface area (TPSA) is 57.5 Å². The summed E-state index contributed by atoms with van der Waals surface area (Å²) < 4.78 is 0. The second-order valence-corrected chi connectivity index (χ2v) is 2.76. The number of carbonyl (C=O) groups is 1. The molecule has 0 saturated carbocycles. The highest BCUT2D eigenvalue weighted by atomic mass is 16.4. The van der Waals surface area contributed by atoms with Gasteiger partial charge in [0.25, 0.3) is 0 Å². The highest BCUT2D eigenvalue weighted by Crippen LogP contribution is 2.24. The van der Waals surface area contributed by atoms with Crippen LogP contribution in [0.25, 0.3) is 0 Å². The highest BCUT2D eigenvalue weighted by Gasteiger charge is 2.37. The summed E-state index contributed by atoms with van der Waals surface area (Å²) >= 11 is 0. The van der Waals surface area contributed by atoms with Crippen molar-refractivity contribution in [3.63, 3.8) is 0 Å². The number of allylic oxidation sites excluding steroid dienone is 2. The molecule has 0 aromatic carbocycles. The van der Waals surface area contributed by atoms with Crippen LogP contribution in [-0.4, -0.2) is 21.8 Å². The normalized spacial score (nSPS) is 30.8. The Morgan fingerprint density at radius 1 is 1.54 bits per heavy atom. The molecular formula is C10H10O3. The van der Waals surface area contributed by atoms with Crippen molar-refractivity contribution in [3.05, 3.63) is 24.3 Å². The van der Waals surface area contributed by atoms with Crippen molar-refractivity contribution in [2.45, 2.75) is 12.5 Å². The first-order chi connectivity index (χ1) is 6.10. The maximum atomic E-state index is 10.7. The lowest BCUT2D eigenvalue weighted by Crippen LogP contribution is -2.39. The number of hydrogen-bond acceptors (Lipinski definition) is 2. The van der Waals surface area contributed by atoms with Gasteiger partial charge in [-0.3, -0.25) is 4.79 Å². The quantitative estimate of drug-likeness (QED) is 0.577. The molecule has 2 N–H and O–H groups in total. The summed E-state index contributed by atoms with van der Waals surface area (Å²) in [6.45, 7) is 1.56. The smallest absolute Gasteiger partial charge is 0.314 e. The summed E-state index contributed by atoms with van der Waals surface area (Å²) in [5.41, 5.74) is -1.56. The Hall–Kier alpha value is -1.53. The molecule has 0 radical (unpaired) electrons. The number of rotatable bonds is 1. The van der Waals surface area contributed by atoms with E-state index in [-0.39, 0.29) is 0 Å². The van der Waals surface area contributed by atoms with Crippen molar-refractivity contribution in [1.29, 1.82) is 0 Å². The Kier molecular flexibility index (Phi) is 2.54. The summed E-state index contributed by atoms with van der Waals surface area (Å²) in [5, 5.41) is 18.6. The first-order valence-corrected chi connectivity index (χ1v) is 3.85. The predicted molar refractivity (Wildman–Crippen MR) is 47.8 cm³/mol. The minimum Gasteiger partial charge on any atom is -0.481 e. The van der Waals surface area contributed by atoms with E-state index in [1.165, 1.54) is 12.2 Å². The lowest BCUT2D eigenvalue weighted by atomic mass is 9.84. The second kappa shape index (κ2) is 3.46. The van der Waals surface area contributed by atoms with E-state index in [0.717, 1.165) is 0 Å². The van der Waals surface area contributed by atoms with Crippen molar-refractivity contribution in [2.24, 2.45) is 5.92 Å². The molecule has 2 atom stereocenters. The zero-order chi connectivity index (χ0) is 9.90. The molecule has 68 valence electrons. The van der Waals surface area contributed by atoms with Crippen LogP contribution in [-0.2, 0) is 4.79 Å². The van der Waals surface area contributed by atoms with Crippen LogP contribution in [0.15, 0.2) is 24.3 Å². The van der Waals surface area contributed by atoms with E-state index in [9.17, 15) is 9.90 Å². The van der Waals surface area contributed by atoms with Gasteiger partial charge in [0.2, 0.25) is 0 Å². The molecular weight excluding hydrogens is 168 g/mol. The average Bonchev–Trinajstić information content (AvgIpc) is 2.04. The molecule has 13 heavy (non-hydrogen) atoms. The summed E-state index contributed by atoms with van der Waals surface area (Å²) in [4.78, 5) is 10.7. The molecule has 0 heterocycles. The van der Waals surface area contributed by atoms with Gasteiger partial charge in [0.05, 0.1) is 0 Å². The second-order valence-electron chi connectivity index (χ2n) is 2.76. The standard InChI is InChI=1S/C10H10O3/c1-2-6-10(13)7-4-3-5-8(10)9(11)12/h3-5,7-8,13H,1H3,(H,11,12)/t8-,10-/m0/s1. The van der Waals surface area contributed by atoms with Crippen molar-refractivity contribution >= 4 is 5.97 Å². The fourth-order valence-electron chi connectivity index (χ4n) is 1.22. The van der Waals surface area contributed by atoms with Crippen LogP contribution in [0.2, 0.25) is 0 Å². The van der Waals surface area contributed by atoms with Gasteiger partial charge in [-0.1, -0.05) is 24.1 Å². The van der Waals surface area contributed by atoms with Gasteiger partial charge in [-0.25, -0.2) is 0 Å². The zero-order valence-electron chi connectivity index (χ0n) is 7.19. The van der Waals surface area contributed by atoms with E-state index in [2.05, 4.69) is 11.8 Å². The summed E-state index contributed by atoms with van der Waals surface area (Å²) in [7, 11) is 0. The number of aliphatic carboxylic acids is 1. The van der Waals surface area contributed by atoms with E-state index in [1.54, 1.807) is 19.1 Å². The summed E-state index contributed by atoms with van der Waals surface area (Å²) in [6.07, 6.45) is 5.99. The molecule has 0 spiro atoms. The first-order valence-electron chi connectivity index (χ1n) is 3.85. The van der Waals surface area contributed by atoms with Crippen LogP contribution in [0.1, 0.15) is 6.92 Å². The molecule has 0 unspecified atom stereocenters. The van der Waals surface area contributed by atoms with Gasteiger partial charge in [-0.15, -0.1) is 5.92 Å². The molecule has 1 rings (SSSR count). The van der Waals surface area contributed by atoms with Crippen molar-refractivity contribution in [2.75, 3.05) is 0 Å². The lowest BCUT2D eigenvalue weighted by Gasteiger charge is -2.25. The van der Waals surface area contributed by atoms with E-state index < -0.39 is 17.5 Å².